The van der Waals surface area contributed by atoms with Crippen LogP contribution in [-0.4, -0.2) is 0 Å². The lowest BCUT2D eigenvalue weighted by Crippen LogP contribution is -2.30. The molecule has 0 saturated carbocycles. The molecule has 0 saturated heterocycles. The first-order chi connectivity index (χ1) is 19.2. The zero-order valence-corrected chi connectivity index (χ0v) is 20.1. The smallest absolute Gasteiger partial charge is 0.216 e. The summed E-state index contributed by atoms with van der Waals surface area (Å²) in [6, 6.07) is 30.5. The van der Waals surface area contributed by atoms with Gasteiger partial charge in [-0.05, 0) is 47.4 Å². The number of para-hydroxylation sites is 2. The molecular weight excluding hydrogens is 440 g/mol. The zero-order valence-electron chi connectivity index (χ0n) is 24.1. The normalized spacial score (nSPS) is 17.4. The summed E-state index contributed by atoms with van der Waals surface area (Å²) in [6.07, 6.45) is 2.02. The van der Waals surface area contributed by atoms with Crippen LogP contribution < -0.4 is 9.47 Å². The Morgan fingerprint density at radius 1 is 0.750 bits per heavy atom. The summed E-state index contributed by atoms with van der Waals surface area (Å²) < 4.78 is 45.3. The summed E-state index contributed by atoms with van der Waals surface area (Å²) in [5.41, 5.74) is 7.07. The van der Waals surface area contributed by atoms with Gasteiger partial charge in [0.15, 0.2) is 6.20 Å². The third-order valence-electron chi connectivity index (χ3n) is 7.01. The van der Waals surface area contributed by atoms with Gasteiger partial charge in [-0.1, -0.05) is 66.7 Å². The number of hydrogen-bond acceptors (Lipinski definition) is 2. The highest BCUT2D eigenvalue weighted by Crippen LogP contribution is 2.43. The number of benzene rings is 4. The number of aromatic nitrogens is 1. The minimum Gasteiger partial charge on any atom is -0.454 e. The van der Waals surface area contributed by atoms with E-state index in [0.29, 0.717) is 28.0 Å². The second-order valence-corrected chi connectivity index (χ2v) is 9.24. The molecule has 2 aromatic heterocycles. The number of fused-ring (bicyclic) bond motifs is 4. The maximum atomic E-state index is 9.24. The molecule has 0 bridgehead atoms. The average Bonchev–Trinajstić information content (AvgIpc) is 3.39. The standard InChI is InChI=1S/C33H27N2O/c1-22-17-18-28-27-15-9-14-26(32(27)36-33(28)31(22)30-16-6-7-19-34(30)2)25-13-8-10-23-20-35(21-29(23)25)24-11-4-3-5-12-24/h3-19H,20-21H2,1-2H3/q+1/i20D2,21D2. The van der Waals surface area contributed by atoms with Crippen molar-refractivity contribution in [1.82, 2.24) is 0 Å². The Morgan fingerprint density at radius 3 is 2.39 bits per heavy atom. The van der Waals surface area contributed by atoms with Crippen LogP contribution in [0.2, 0.25) is 0 Å². The van der Waals surface area contributed by atoms with E-state index in [1.54, 1.807) is 36.4 Å². The molecule has 0 amide bonds. The molecule has 36 heavy (non-hydrogen) atoms. The van der Waals surface area contributed by atoms with Crippen LogP contribution >= 0.6 is 0 Å². The summed E-state index contributed by atoms with van der Waals surface area (Å²) >= 11 is 0. The summed E-state index contributed by atoms with van der Waals surface area (Å²) in [7, 11) is 2.02. The van der Waals surface area contributed by atoms with E-state index >= 15 is 0 Å². The molecule has 4 aromatic carbocycles. The molecule has 7 rings (SSSR count). The third kappa shape index (κ3) is 3.16. The first-order valence-electron chi connectivity index (χ1n) is 14.1. The molecule has 0 radical (unpaired) electrons. The van der Waals surface area contributed by atoms with Crippen molar-refractivity contribution in [3.05, 3.63) is 120 Å². The van der Waals surface area contributed by atoms with Gasteiger partial charge in [0.25, 0.3) is 0 Å². The van der Waals surface area contributed by atoms with Crippen LogP contribution in [0.5, 0.6) is 0 Å². The van der Waals surface area contributed by atoms with Crippen LogP contribution in [0.1, 0.15) is 22.2 Å². The Kier molecular flexibility index (Phi) is 3.85. The summed E-state index contributed by atoms with van der Waals surface area (Å²) in [4.78, 5) is 1.24. The lowest BCUT2D eigenvalue weighted by Gasteiger charge is -2.17. The van der Waals surface area contributed by atoms with Crippen LogP contribution in [0, 0.1) is 6.92 Å². The first-order valence-corrected chi connectivity index (χ1v) is 12.1. The Hall–Kier alpha value is -4.37. The van der Waals surface area contributed by atoms with Gasteiger partial charge in [-0.2, -0.15) is 0 Å². The van der Waals surface area contributed by atoms with E-state index in [1.807, 2.05) is 55.7 Å². The monoisotopic (exact) mass is 471 g/mol. The van der Waals surface area contributed by atoms with Crippen molar-refractivity contribution in [2.45, 2.75) is 19.9 Å². The Bertz CT molecular complexity index is 1950. The zero-order chi connectivity index (χ0) is 27.8. The average molecular weight is 472 g/mol. The minimum absolute atomic E-state index is 0.319. The third-order valence-corrected chi connectivity index (χ3v) is 7.01. The fourth-order valence-electron chi connectivity index (χ4n) is 5.23. The summed E-state index contributed by atoms with van der Waals surface area (Å²) in [5.74, 6) is 0. The van der Waals surface area contributed by atoms with Crippen molar-refractivity contribution in [2.75, 3.05) is 4.90 Å². The van der Waals surface area contributed by atoms with Crippen LogP contribution in [0.3, 0.4) is 0 Å². The largest absolute Gasteiger partial charge is 0.454 e. The van der Waals surface area contributed by atoms with E-state index in [-0.39, 0.29) is 0 Å². The van der Waals surface area contributed by atoms with Gasteiger partial charge >= 0.3 is 0 Å². The topological polar surface area (TPSA) is 20.3 Å². The molecular formula is C33H27N2O+. The number of hydrogen-bond donors (Lipinski definition) is 0. The van der Waals surface area contributed by atoms with Crippen molar-refractivity contribution < 1.29 is 14.5 Å². The fourth-order valence-corrected chi connectivity index (χ4v) is 5.23. The predicted molar refractivity (Wildman–Crippen MR) is 147 cm³/mol. The van der Waals surface area contributed by atoms with Gasteiger partial charge in [-0.3, -0.25) is 0 Å². The molecule has 0 unspecified atom stereocenters. The van der Waals surface area contributed by atoms with E-state index in [2.05, 4.69) is 29.7 Å². The molecule has 174 valence electrons. The number of anilines is 1. The molecule has 0 spiro atoms. The van der Waals surface area contributed by atoms with E-state index < -0.39 is 13.0 Å². The molecule has 0 N–H and O–H groups in total. The maximum Gasteiger partial charge on any atom is 0.216 e. The first kappa shape index (κ1) is 17.1. The van der Waals surface area contributed by atoms with Crippen LogP contribution in [0.4, 0.5) is 5.69 Å². The molecule has 3 nitrogen and oxygen atoms in total. The van der Waals surface area contributed by atoms with Gasteiger partial charge in [0.05, 0.1) is 11.0 Å². The van der Waals surface area contributed by atoms with E-state index in [9.17, 15) is 2.74 Å². The van der Waals surface area contributed by atoms with Crippen molar-refractivity contribution >= 4 is 27.6 Å². The molecule has 3 heterocycles. The number of nitrogens with zero attached hydrogens (tertiary/aromatic N) is 2. The lowest BCUT2D eigenvalue weighted by molar-refractivity contribution is -0.660. The van der Waals surface area contributed by atoms with Gasteiger partial charge in [0.2, 0.25) is 5.69 Å². The van der Waals surface area contributed by atoms with Gasteiger partial charge in [-0.15, -0.1) is 0 Å². The second-order valence-electron chi connectivity index (χ2n) is 9.24. The molecule has 1 aliphatic rings. The molecule has 0 aliphatic carbocycles. The second kappa shape index (κ2) is 8.10. The van der Waals surface area contributed by atoms with E-state index in [1.165, 1.54) is 4.90 Å². The van der Waals surface area contributed by atoms with Crippen LogP contribution in [0.15, 0.2) is 108 Å². The maximum absolute atomic E-state index is 9.24. The summed E-state index contributed by atoms with van der Waals surface area (Å²) in [5, 5.41) is 1.92. The Morgan fingerprint density at radius 2 is 1.53 bits per heavy atom. The van der Waals surface area contributed by atoms with Crippen LogP contribution in [0.25, 0.3) is 44.3 Å². The van der Waals surface area contributed by atoms with Gasteiger partial charge in [-0.25, -0.2) is 4.57 Å². The van der Waals surface area contributed by atoms with Gasteiger partial charge < -0.3 is 9.32 Å². The Labute approximate surface area is 216 Å². The van der Waals surface area contributed by atoms with Gasteiger partial charge in [0.1, 0.15) is 18.2 Å². The Balaban J connectivity index is 1.51. The van der Waals surface area contributed by atoms with Crippen molar-refractivity contribution in [3.63, 3.8) is 0 Å². The molecule has 6 aromatic rings. The number of furan rings is 1. The fraction of sp³-hybridized carbons (Fsp3) is 0.121. The van der Waals surface area contributed by atoms with Crippen molar-refractivity contribution in [1.29, 1.82) is 0 Å². The van der Waals surface area contributed by atoms with Crippen LogP contribution in [-0.2, 0) is 20.0 Å². The van der Waals surface area contributed by atoms with Crippen molar-refractivity contribution in [3.8, 4) is 22.4 Å². The summed E-state index contributed by atoms with van der Waals surface area (Å²) in [6.45, 7) is -2.08. The highest BCUT2D eigenvalue weighted by atomic mass is 16.3. The SMILES string of the molecule is [2H]C1([2H])c2cccc(-c3cccc4c3oc3c(-c5cccc[n+]5C)c(C)ccc34)c2C([2H])([2H])N1c1ccccc1. The highest BCUT2D eigenvalue weighted by molar-refractivity contribution is 6.13. The number of rotatable bonds is 3. The number of pyridine rings is 1. The number of aryl methyl sites for hydroxylation is 2. The molecule has 0 atom stereocenters. The predicted octanol–water partition coefficient (Wildman–Crippen LogP) is 7.57. The molecule has 3 heteroatoms. The van der Waals surface area contributed by atoms with E-state index in [0.717, 1.165) is 38.7 Å². The highest BCUT2D eigenvalue weighted by Gasteiger charge is 2.25. The lowest BCUT2D eigenvalue weighted by atomic mass is 9.95. The molecule has 1 aliphatic heterocycles. The quantitative estimate of drug-likeness (QED) is 0.248. The van der Waals surface area contributed by atoms with E-state index in [4.69, 9.17) is 7.16 Å². The minimum atomic E-state index is -2.11. The van der Waals surface area contributed by atoms with Gasteiger partial charge in [0, 0.05) is 47.1 Å². The van der Waals surface area contributed by atoms with Crippen molar-refractivity contribution in [2.24, 2.45) is 7.05 Å². The molecule has 0 fully saturated rings.